The average molecular weight is 179 g/mol. The summed E-state index contributed by atoms with van der Waals surface area (Å²) < 4.78 is 12.5. The molecule has 0 radical (unpaired) electrons. The largest absolute Gasteiger partial charge is 0.310 e. The number of benzene rings is 1. The van der Waals surface area contributed by atoms with Crippen LogP contribution in [0.3, 0.4) is 0 Å². The van der Waals surface area contributed by atoms with Crippen LogP contribution in [-0.4, -0.2) is 5.71 Å². The van der Waals surface area contributed by atoms with Crippen LogP contribution in [0.1, 0.15) is 25.3 Å². The van der Waals surface area contributed by atoms with E-state index in [1.807, 2.05) is 6.92 Å². The highest BCUT2D eigenvalue weighted by molar-refractivity contribution is 5.81. The van der Waals surface area contributed by atoms with Gasteiger partial charge in [0.15, 0.2) is 0 Å². The number of hydrogen-bond acceptors (Lipinski definition) is 1. The maximum Gasteiger partial charge on any atom is 0.123 e. The molecule has 70 valence electrons. The van der Waals surface area contributed by atoms with Gasteiger partial charge in [0.1, 0.15) is 5.82 Å². The lowest BCUT2D eigenvalue weighted by molar-refractivity contribution is 0.627. The molecule has 13 heavy (non-hydrogen) atoms. The summed E-state index contributed by atoms with van der Waals surface area (Å²) in [6.07, 6.45) is 2.43. The summed E-state index contributed by atoms with van der Waals surface area (Å²) in [4.78, 5) is 0. The molecule has 1 aromatic rings. The van der Waals surface area contributed by atoms with Gasteiger partial charge in [-0.1, -0.05) is 19.1 Å². The number of aryl methyl sites for hydroxylation is 1. The molecule has 0 aromatic heterocycles. The second kappa shape index (κ2) is 4.75. The van der Waals surface area contributed by atoms with Crippen molar-refractivity contribution in [1.29, 1.82) is 5.41 Å². The van der Waals surface area contributed by atoms with Crippen molar-refractivity contribution in [3.05, 3.63) is 35.6 Å². The van der Waals surface area contributed by atoms with Crippen molar-refractivity contribution < 1.29 is 4.39 Å². The van der Waals surface area contributed by atoms with E-state index in [9.17, 15) is 4.39 Å². The Labute approximate surface area is 78.1 Å². The molecule has 1 nitrogen and oxygen atoms in total. The first-order chi connectivity index (χ1) is 6.22. The van der Waals surface area contributed by atoms with Crippen LogP contribution in [0.25, 0.3) is 0 Å². The molecule has 1 aromatic carbocycles. The zero-order valence-electron chi connectivity index (χ0n) is 7.81. The normalized spacial score (nSPS) is 10.0. The van der Waals surface area contributed by atoms with Gasteiger partial charge >= 0.3 is 0 Å². The average Bonchev–Trinajstić information content (AvgIpc) is 2.16. The van der Waals surface area contributed by atoms with Crippen molar-refractivity contribution >= 4 is 5.71 Å². The van der Waals surface area contributed by atoms with Crippen LogP contribution >= 0.6 is 0 Å². The predicted molar refractivity (Wildman–Crippen MR) is 52.7 cm³/mol. The molecule has 2 heteroatoms. The first kappa shape index (κ1) is 9.90. The molecular weight excluding hydrogens is 165 g/mol. The fourth-order valence-corrected chi connectivity index (χ4v) is 1.12. The molecule has 1 N–H and O–H groups in total. The van der Waals surface area contributed by atoms with Crippen molar-refractivity contribution in [2.24, 2.45) is 0 Å². The molecule has 0 aliphatic heterocycles. The van der Waals surface area contributed by atoms with Gasteiger partial charge in [0, 0.05) is 5.71 Å². The molecule has 0 amide bonds. The van der Waals surface area contributed by atoms with E-state index in [0.717, 1.165) is 30.5 Å². The molecule has 0 unspecified atom stereocenters. The summed E-state index contributed by atoms with van der Waals surface area (Å²) in [7, 11) is 0. The van der Waals surface area contributed by atoms with E-state index in [0.29, 0.717) is 0 Å². The lowest BCUT2D eigenvalue weighted by atomic mass is 10.1. The summed E-state index contributed by atoms with van der Waals surface area (Å²) in [6, 6.07) is 6.48. The maximum atomic E-state index is 12.5. The highest BCUT2D eigenvalue weighted by Gasteiger charge is 1.96. The SMILES string of the molecule is CCC(=N)CCc1ccc(F)cc1. The number of hydrogen-bond donors (Lipinski definition) is 1. The molecule has 0 atom stereocenters. The highest BCUT2D eigenvalue weighted by Crippen LogP contribution is 2.06. The second-order valence-corrected chi connectivity index (χ2v) is 3.08. The summed E-state index contributed by atoms with van der Waals surface area (Å²) in [5.74, 6) is -0.200. The highest BCUT2D eigenvalue weighted by atomic mass is 19.1. The Bertz CT molecular complexity index is 277. The molecule has 0 spiro atoms. The first-order valence-electron chi connectivity index (χ1n) is 4.53. The summed E-state index contributed by atoms with van der Waals surface area (Å²) >= 11 is 0. The monoisotopic (exact) mass is 179 g/mol. The minimum atomic E-state index is -0.200. The van der Waals surface area contributed by atoms with Gasteiger partial charge < -0.3 is 5.41 Å². The standard InChI is InChI=1S/C11H14FN/c1-2-11(13)8-5-9-3-6-10(12)7-4-9/h3-4,6-7,13H,2,5,8H2,1H3. The quantitative estimate of drug-likeness (QED) is 0.686. The van der Waals surface area contributed by atoms with Crippen molar-refractivity contribution in [2.45, 2.75) is 26.2 Å². The molecule has 1 rings (SSSR count). The molecule has 0 heterocycles. The first-order valence-corrected chi connectivity index (χ1v) is 4.53. The van der Waals surface area contributed by atoms with Crippen LogP contribution in [0.15, 0.2) is 24.3 Å². The second-order valence-electron chi connectivity index (χ2n) is 3.08. The smallest absolute Gasteiger partial charge is 0.123 e. The van der Waals surface area contributed by atoms with Crippen LogP contribution in [0, 0.1) is 11.2 Å². The van der Waals surface area contributed by atoms with E-state index < -0.39 is 0 Å². The van der Waals surface area contributed by atoms with Crippen molar-refractivity contribution in [3.8, 4) is 0 Å². The molecule has 0 saturated heterocycles. The lowest BCUT2D eigenvalue weighted by Gasteiger charge is -2.01. The Kier molecular flexibility index (Phi) is 3.62. The van der Waals surface area contributed by atoms with E-state index in [-0.39, 0.29) is 5.82 Å². The van der Waals surface area contributed by atoms with Gasteiger partial charge in [-0.05, 0) is 37.0 Å². The molecular formula is C11H14FN. The molecule has 0 fully saturated rings. The van der Waals surface area contributed by atoms with Gasteiger partial charge in [-0.3, -0.25) is 0 Å². The fraction of sp³-hybridized carbons (Fsp3) is 0.364. The van der Waals surface area contributed by atoms with Crippen molar-refractivity contribution in [3.63, 3.8) is 0 Å². The third-order valence-electron chi connectivity index (χ3n) is 2.06. The van der Waals surface area contributed by atoms with E-state index in [1.54, 1.807) is 12.1 Å². The molecule has 0 aliphatic rings. The lowest BCUT2D eigenvalue weighted by Crippen LogP contribution is -1.96. The summed E-state index contributed by atoms with van der Waals surface area (Å²) in [5, 5.41) is 7.45. The van der Waals surface area contributed by atoms with Crippen LogP contribution in [0.4, 0.5) is 4.39 Å². The summed E-state index contributed by atoms with van der Waals surface area (Å²) in [5.41, 5.74) is 1.85. The van der Waals surface area contributed by atoms with E-state index in [2.05, 4.69) is 0 Å². The zero-order chi connectivity index (χ0) is 9.68. The van der Waals surface area contributed by atoms with E-state index in [1.165, 1.54) is 12.1 Å². The topological polar surface area (TPSA) is 23.9 Å². The van der Waals surface area contributed by atoms with Gasteiger partial charge in [0.25, 0.3) is 0 Å². The zero-order valence-corrected chi connectivity index (χ0v) is 7.81. The fourth-order valence-electron chi connectivity index (χ4n) is 1.12. The van der Waals surface area contributed by atoms with Crippen molar-refractivity contribution in [1.82, 2.24) is 0 Å². The van der Waals surface area contributed by atoms with Gasteiger partial charge in [-0.2, -0.15) is 0 Å². The third kappa shape index (κ3) is 3.36. The summed E-state index contributed by atoms with van der Waals surface area (Å²) in [6.45, 7) is 1.98. The Morgan fingerprint density at radius 3 is 2.46 bits per heavy atom. The van der Waals surface area contributed by atoms with E-state index >= 15 is 0 Å². The Morgan fingerprint density at radius 2 is 1.92 bits per heavy atom. The Balaban J connectivity index is 2.46. The van der Waals surface area contributed by atoms with Crippen LogP contribution < -0.4 is 0 Å². The van der Waals surface area contributed by atoms with Crippen LogP contribution in [0.2, 0.25) is 0 Å². The van der Waals surface area contributed by atoms with Gasteiger partial charge in [0.05, 0.1) is 0 Å². The Morgan fingerprint density at radius 1 is 1.31 bits per heavy atom. The van der Waals surface area contributed by atoms with Crippen molar-refractivity contribution in [2.75, 3.05) is 0 Å². The molecule has 0 bridgehead atoms. The van der Waals surface area contributed by atoms with E-state index in [4.69, 9.17) is 5.41 Å². The molecule has 0 saturated carbocycles. The van der Waals surface area contributed by atoms with Gasteiger partial charge in [-0.15, -0.1) is 0 Å². The number of halogens is 1. The third-order valence-corrected chi connectivity index (χ3v) is 2.06. The number of nitrogens with one attached hydrogen (secondary N) is 1. The van der Waals surface area contributed by atoms with Crippen LogP contribution in [0.5, 0.6) is 0 Å². The Hall–Kier alpha value is -1.18. The minimum absolute atomic E-state index is 0.200. The maximum absolute atomic E-state index is 12.5. The minimum Gasteiger partial charge on any atom is -0.310 e. The number of rotatable bonds is 4. The van der Waals surface area contributed by atoms with Crippen LogP contribution in [-0.2, 0) is 6.42 Å². The van der Waals surface area contributed by atoms with Gasteiger partial charge in [-0.25, -0.2) is 4.39 Å². The predicted octanol–water partition coefficient (Wildman–Crippen LogP) is 3.19. The van der Waals surface area contributed by atoms with Gasteiger partial charge in [0.2, 0.25) is 0 Å². The molecule has 0 aliphatic carbocycles.